The lowest BCUT2D eigenvalue weighted by Gasteiger charge is -2.21. The Hall–Kier alpha value is -1.07. The van der Waals surface area contributed by atoms with Gasteiger partial charge < -0.3 is 11.1 Å². The number of anilines is 1. The molecule has 1 aromatic rings. The predicted molar refractivity (Wildman–Crippen MR) is 70.6 cm³/mol. The highest BCUT2D eigenvalue weighted by Gasteiger charge is 2.32. The maximum Gasteiger partial charge on any atom is 0.183 e. The molecule has 5 heteroatoms. The van der Waals surface area contributed by atoms with Crippen LogP contribution in [0, 0.1) is 0 Å². The van der Waals surface area contributed by atoms with Crippen molar-refractivity contribution in [2.24, 2.45) is 0 Å². The van der Waals surface area contributed by atoms with E-state index in [1.165, 1.54) is 0 Å². The van der Waals surface area contributed by atoms with Gasteiger partial charge in [-0.2, -0.15) is 0 Å². The second-order valence-electron chi connectivity index (χ2n) is 5.01. The van der Waals surface area contributed by atoms with Crippen molar-refractivity contribution in [3.63, 3.8) is 0 Å². The average Bonchev–Trinajstić information content (AvgIpc) is 2.16. The predicted octanol–water partition coefficient (Wildman–Crippen LogP) is 1.56. The SMILES string of the molecule is CNCc1cc(N)ccc1S(=O)(=O)C(C)(C)C. The summed E-state index contributed by atoms with van der Waals surface area (Å²) in [4.78, 5) is 0.355. The van der Waals surface area contributed by atoms with Gasteiger partial charge in [0.25, 0.3) is 0 Å². The molecule has 0 atom stereocenters. The van der Waals surface area contributed by atoms with E-state index in [2.05, 4.69) is 5.32 Å². The van der Waals surface area contributed by atoms with Gasteiger partial charge in [0.1, 0.15) is 0 Å². The molecule has 1 rings (SSSR count). The smallest absolute Gasteiger partial charge is 0.183 e. The number of hydrogen-bond donors (Lipinski definition) is 2. The molecule has 3 N–H and O–H groups in total. The Morgan fingerprint density at radius 3 is 2.35 bits per heavy atom. The number of rotatable bonds is 3. The van der Waals surface area contributed by atoms with Crippen molar-refractivity contribution >= 4 is 15.5 Å². The van der Waals surface area contributed by atoms with Gasteiger partial charge in [-0.15, -0.1) is 0 Å². The number of nitrogens with one attached hydrogen (secondary N) is 1. The second-order valence-corrected chi connectivity index (χ2v) is 7.68. The van der Waals surface area contributed by atoms with Gasteiger partial charge in [-0.05, 0) is 51.6 Å². The molecule has 0 amide bonds. The van der Waals surface area contributed by atoms with E-state index in [9.17, 15) is 8.42 Å². The number of nitrogen functional groups attached to an aromatic ring is 1. The Labute approximate surface area is 103 Å². The highest BCUT2D eigenvalue weighted by Crippen LogP contribution is 2.28. The van der Waals surface area contributed by atoms with Gasteiger partial charge in [0.2, 0.25) is 0 Å². The standard InChI is InChI=1S/C12H20N2O2S/c1-12(2,3)17(15,16)11-6-5-10(13)7-9(11)8-14-4/h5-7,14H,8,13H2,1-4H3. The second kappa shape index (κ2) is 4.66. The normalized spacial score (nSPS) is 12.7. The molecular formula is C12H20N2O2S. The maximum atomic E-state index is 12.4. The fourth-order valence-electron chi connectivity index (χ4n) is 1.52. The quantitative estimate of drug-likeness (QED) is 0.805. The molecule has 0 aliphatic rings. The summed E-state index contributed by atoms with van der Waals surface area (Å²) in [7, 11) is -1.57. The minimum atomic E-state index is -3.34. The van der Waals surface area contributed by atoms with Crippen LogP contribution in [0.5, 0.6) is 0 Å². The summed E-state index contributed by atoms with van der Waals surface area (Å²) in [6.07, 6.45) is 0. The minimum absolute atomic E-state index is 0.355. The first kappa shape index (κ1) is 14.0. The van der Waals surface area contributed by atoms with Crippen LogP contribution in [0.1, 0.15) is 26.3 Å². The Bertz CT molecular complexity index is 502. The van der Waals surface area contributed by atoms with Crippen molar-refractivity contribution < 1.29 is 8.42 Å². The maximum absolute atomic E-state index is 12.4. The molecule has 0 saturated carbocycles. The van der Waals surface area contributed by atoms with Gasteiger partial charge in [0.05, 0.1) is 9.64 Å². The van der Waals surface area contributed by atoms with E-state index in [4.69, 9.17) is 5.73 Å². The van der Waals surface area contributed by atoms with Gasteiger partial charge in [-0.1, -0.05) is 0 Å². The summed E-state index contributed by atoms with van der Waals surface area (Å²) < 4.78 is 24.0. The highest BCUT2D eigenvalue weighted by atomic mass is 32.2. The molecule has 0 bridgehead atoms. The molecule has 0 aliphatic heterocycles. The van der Waals surface area contributed by atoms with Crippen LogP contribution in [0.4, 0.5) is 5.69 Å². The lowest BCUT2D eigenvalue weighted by molar-refractivity contribution is 0.558. The van der Waals surface area contributed by atoms with E-state index in [1.807, 2.05) is 0 Å². The van der Waals surface area contributed by atoms with Gasteiger partial charge >= 0.3 is 0 Å². The number of sulfone groups is 1. The summed E-state index contributed by atoms with van der Waals surface area (Å²) in [5.41, 5.74) is 6.97. The summed E-state index contributed by atoms with van der Waals surface area (Å²) in [5, 5.41) is 2.96. The van der Waals surface area contributed by atoms with Crippen molar-refractivity contribution in [1.82, 2.24) is 5.32 Å². The van der Waals surface area contributed by atoms with Gasteiger partial charge in [-0.25, -0.2) is 8.42 Å². The summed E-state index contributed by atoms with van der Waals surface area (Å²) in [6.45, 7) is 5.57. The van der Waals surface area contributed by atoms with E-state index in [1.54, 1.807) is 46.0 Å². The van der Waals surface area contributed by atoms with E-state index < -0.39 is 14.6 Å². The van der Waals surface area contributed by atoms with Crippen LogP contribution in [0.15, 0.2) is 23.1 Å². The number of nitrogens with two attached hydrogens (primary N) is 1. The third-order valence-electron chi connectivity index (χ3n) is 2.55. The fourth-order valence-corrected chi connectivity index (χ4v) is 2.90. The average molecular weight is 256 g/mol. The Kier molecular flexibility index (Phi) is 3.84. The van der Waals surface area contributed by atoms with Crippen LogP contribution in [0.25, 0.3) is 0 Å². The summed E-state index contributed by atoms with van der Waals surface area (Å²) in [5.74, 6) is 0. The molecule has 0 aliphatic carbocycles. The van der Waals surface area contributed by atoms with Gasteiger partial charge in [-0.3, -0.25) is 0 Å². The molecule has 0 spiro atoms. The number of benzene rings is 1. The van der Waals surface area contributed by atoms with Crippen LogP contribution in [-0.2, 0) is 16.4 Å². The minimum Gasteiger partial charge on any atom is -0.399 e. The lowest BCUT2D eigenvalue weighted by Crippen LogP contribution is -2.29. The molecule has 0 unspecified atom stereocenters. The third kappa shape index (κ3) is 2.79. The topological polar surface area (TPSA) is 72.2 Å². The molecule has 96 valence electrons. The molecular weight excluding hydrogens is 236 g/mol. The Morgan fingerprint density at radius 1 is 1.29 bits per heavy atom. The lowest BCUT2D eigenvalue weighted by atomic mass is 10.2. The van der Waals surface area contributed by atoms with Crippen molar-refractivity contribution in [1.29, 1.82) is 0 Å². The Morgan fingerprint density at radius 2 is 1.88 bits per heavy atom. The van der Waals surface area contributed by atoms with E-state index in [0.717, 1.165) is 0 Å². The van der Waals surface area contributed by atoms with Crippen molar-refractivity contribution in [2.75, 3.05) is 12.8 Å². The first-order valence-corrected chi connectivity index (χ1v) is 6.96. The van der Waals surface area contributed by atoms with Crippen LogP contribution >= 0.6 is 0 Å². The van der Waals surface area contributed by atoms with Crippen LogP contribution < -0.4 is 11.1 Å². The molecule has 0 fully saturated rings. The highest BCUT2D eigenvalue weighted by molar-refractivity contribution is 7.92. The zero-order chi connectivity index (χ0) is 13.3. The monoisotopic (exact) mass is 256 g/mol. The zero-order valence-electron chi connectivity index (χ0n) is 10.7. The van der Waals surface area contributed by atoms with E-state index >= 15 is 0 Å². The third-order valence-corrected chi connectivity index (χ3v) is 5.14. The summed E-state index contributed by atoms with van der Waals surface area (Å²) in [6, 6.07) is 4.91. The largest absolute Gasteiger partial charge is 0.399 e. The van der Waals surface area contributed by atoms with E-state index in [-0.39, 0.29) is 0 Å². The fraction of sp³-hybridized carbons (Fsp3) is 0.500. The molecule has 1 aromatic carbocycles. The van der Waals surface area contributed by atoms with Crippen molar-refractivity contribution in [2.45, 2.75) is 37.0 Å². The number of hydrogen-bond acceptors (Lipinski definition) is 4. The van der Waals surface area contributed by atoms with Crippen LogP contribution in [-0.4, -0.2) is 20.2 Å². The van der Waals surface area contributed by atoms with Crippen LogP contribution in [0.3, 0.4) is 0 Å². The first-order chi connectivity index (χ1) is 7.70. The van der Waals surface area contributed by atoms with E-state index in [0.29, 0.717) is 22.7 Å². The van der Waals surface area contributed by atoms with Gasteiger partial charge in [0.15, 0.2) is 9.84 Å². The molecule has 0 radical (unpaired) electrons. The zero-order valence-corrected chi connectivity index (χ0v) is 11.6. The van der Waals surface area contributed by atoms with Crippen LogP contribution in [0.2, 0.25) is 0 Å². The molecule has 0 aromatic heterocycles. The van der Waals surface area contributed by atoms with Crippen molar-refractivity contribution in [3.05, 3.63) is 23.8 Å². The van der Waals surface area contributed by atoms with Crippen molar-refractivity contribution in [3.8, 4) is 0 Å². The summed E-state index contributed by atoms with van der Waals surface area (Å²) >= 11 is 0. The molecule has 4 nitrogen and oxygen atoms in total. The molecule has 17 heavy (non-hydrogen) atoms. The molecule has 0 saturated heterocycles. The Balaban J connectivity index is 3.41. The van der Waals surface area contributed by atoms with Gasteiger partial charge in [0, 0.05) is 12.2 Å². The first-order valence-electron chi connectivity index (χ1n) is 5.48. The molecule has 0 heterocycles.